The SMILES string of the molecule is COc1ccc(CNC(=O)CN2C(=O)N[C@@](C)(c3ccc(C(C)C)cc3)C2=O)cc1OC. The molecule has 1 aliphatic rings. The third kappa shape index (κ3) is 4.54. The minimum absolute atomic E-state index is 0.219. The summed E-state index contributed by atoms with van der Waals surface area (Å²) in [4.78, 5) is 39.0. The highest BCUT2D eigenvalue weighted by atomic mass is 16.5. The van der Waals surface area contributed by atoms with Gasteiger partial charge >= 0.3 is 6.03 Å². The number of nitrogens with zero attached hydrogens (tertiary/aromatic N) is 1. The molecule has 0 unspecified atom stereocenters. The molecule has 0 spiro atoms. The Balaban J connectivity index is 1.65. The highest BCUT2D eigenvalue weighted by Gasteiger charge is 2.49. The van der Waals surface area contributed by atoms with E-state index in [0.717, 1.165) is 16.0 Å². The molecule has 0 aromatic heterocycles. The van der Waals surface area contributed by atoms with Crippen molar-refractivity contribution in [2.24, 2.45) is 0 Å². The van der Waals surface area contributed by atoms with E-state index in [1.807, 2.05) is 24.3 Å². The van der Waals surface area contributed by atoms with Gasteiger partial charge in [0.25, 0.3) is 5.91 Å². The molecule has 8 heteroatoms. The molecule has 0 bridgehead atoms. The summed E-state index contributed by atoms with van der Waals surface area (Å²) in [6.45, 7) is 5.68. The van der Waals surface area contributed by atoms with Gasteiger partial charge in [-0.15, -0.1) is 0 Å². The first kappa shape index (κ1) is 23.1. The number of carbonyl (C=O) groups is 3. The zero-order valence-corrected chi connectivity index (χ0v) is 19.0. The molecule has 4 amide bonds. The fourth-order valence-electron chi connectivity index (χ4n) is 3.63. The molecule has 0 aliphatic carbocycles. The Morgan fingerprint density at radius 3 is 2.31 bits per heavy atom. The average Bonchev–Trinajstić information content (AvgIpc) is 3.01. The molecule has 3 rings (SSSR count). The number of urea groups is 1. The summed E-state index contributed by atoms with van der Waals surface area (Å²) in [7, 11) is 3.08. The molecular formula is C24H29N3O5. The first-order valence-corrected chi connectivity index (χ1v) is 10.4. The lowest BCUT2D eigenvalue weighted by Crippen LogP contribution is -2.43. The Morgan fingerprint density at radius 2 is 1.72 bits per heavy atom. The van der Waals surface area contributed by atoms with Gasteiger partial charge in [0.15, 0.2) is 11.5 Å². The van der Waals surface area contributed by atoms with E-state index in [-0.39, 0.29) is 13.1 Å². The molecule has 2 aromatic carbocycles. The van der Waals surface area contributed by atoms with Crippen LogP contribution < -0.4 is 20.1 Å². The summed E-state index contributed by atoms with van der Waals surface area (Å²) in [5.74, 6) is 0.593. The fraction of sp³-hybridized carbons (Fsp3) is 0.375. The van der Waals surface area contributed by atoms with Crippen LogP contribution in [0, 0.1) is 0 Å². The second kappa shape index (κ2) is 9.30. The molecule has 170 valence electrons. The number of amides is 4. The molecule has 8 nitrogen and oxygen atoms in total. The maximum absolute atomic E-state index is 13.1. The van der Waals surface area contributed by atoms with Crippen molar-refractivity contribution in [1.82, 2.24) is 15.5 Å². The van der Waals surface area contributed by atoms with E-state index in [9.17, 15) is 14.4 Å². The van der Waals surface area contributed by atoms with Crippen molar-refractivity contribution in [3.05, 3.63) is 59.2 Å². The Morgan fingerprint density at radius 1 is 1.06 bits per heavy atom. The summed E-state index contributed by atoms with van der Waals surface area (Å²) in [5.41, 5.74) is 1.40. The molecule has 2 N–H and O–H groups in total. The molecule has 2 aromatic rings. The summed E-state index contributed by atoms with van der Waals surface area (Å²) in [5, 5.41) is 5.46. The molecule has 0 saturated carbocycles. The van der Waals surface area contributed by atoms with Crippen LogP contribution in [0.3, 0.4) is 0 Å². The lowest BCUT2D eigenvalue weighted by atomic mass is 9.90. The minimum Gasteiger partial charge on any atom is -0.493 e. The fourth-order valence-corrected chi connectivity index (χ4v) is 3.63. The smallest absolute Gasteiger partial charge is 0.325 e. The molecule has 0 radical (unpaired) electrons. The molecule has 1 aliphatic heterocycles. The number of nitrogens with one attached hydrogen (secondary N) is 2. The molecule has 32 heavy (non-hydrogen) atoms. The number of ether oxygens (including phenoxy) is 2. The van der Waals surface area contributed by atoms with Gasteiger partial charge < -0.3 is 20.1 Å². The number of methoxy groups -OCH3 is 2. The standard InChI is InChI=1S/C24H29N3O5/c1-15(2)17-7-9-18(10-8-17)24(3)22(29)27(23(30)26-24)14-21(28)25-13-16-6-11-19(31-4)20(12-16)32-5/h6-12,15H,13-14H2,1-5H3,(H,25,28)(H,26,30)/t24-/m0/s1. The van der Waals surface area contributed by atoms with Crippen LogP contribution in [0.4, 0.5) is 4.79 Å². The minimum atomic E-state index is -1.21. The van der Waals surface area contributed by atoms with Crippen molar-refractivity contribution in [2.75, 3.05) is 20.8 Å². The highest BCUT2D eigenvalue weighted by Crippen LogP contribution is 2.30. The van der Waals surface area contributed by atoms with Gasteiger partial charge in [0, 0.05) is 6.54 Å². The van der Waals surface area contributed by atoms with Gasteiger partial charge in [0.2, 0.25) is 5.91 Å². The Kier molecular flexibility index (Phi) is 6.72. The molecule has 1 fully saturated rings. The van der Waals surface area contributed by atoms with Crippen LogP contribution in [0.15, 0.2) is 42.5 Å². The Labute approximate surface area is 187 Å². The van der Waals surface area contributed by atoms with E-state index in [1.54, 1.807) is 32.2 Å². The topological polar surface area (TPSA) is 97.0 Å². The van der Waals surface area contributed by atoms with Gasteiger partial charge in [-0.3, -0.25) is 14.5 Å². The van der Waals surface area contributed by atoms with Crippen molar-refractivity contribution in [3.8, 4) is 11.5 Å². The van der Waals surface area contributed by atoms with Crippen LogP contribution >= 0.6 is 0 Å². The number of hydrogen-bond donors (Lipinski definition) is 2. The van der Waals surface area contributed by atoms with E-state index in [0.29, 0.717) is 23.0 Å². The normalized spacial score (nSPS) is 18.0. The van der Waals surface area contributed by atoms with E-state index in [4.69, 9.17) is 9.47 Å². The summed E-state index contributed by atoms with van der Waals surface area (Å²) < 4.78 is 10.5. The van der Waals surface area contributed by atoms with Gasteiger partial charge in [-0.25, -0.2) is 4.79 Å². The summed E-state index contributed by atoms with van der Waals surface area (Å²) >= 11 is 0. The van der Waals surface area contributed by atoms with Gasteiger partial charge in [-0.05, 0) is 41.7 Å². The lowest BCUT2D eigenvalue weighted by Gasteiger charge is -2.22. The van der Waals surface area contributed by atoms with Crippen LogP contribution in [0.2, 0.25) is 0 Å². The number of hydrogen-bond acceptors (Lipinski definition) is 5. The Bertz CT molecular complexity index is 1020. The predicted molar refractivity (Wildman–Crippen MR) is 120 cm³/mol. The average molecular weight is 440 g/mol. The molecular weight excluding hydrogens is 410 g/mol. The van der Waals surface area contributed by atoms with Crippen molar-refractivity contribution in [1.29, 1.82) is 0 Å². The maximum atomic E-state index is 13.1. The number of carbonyl (C=O) groups excluding carboxylic acids is 3. The summed E-state index contributed by atoms with van der Waals surface area (Å²) in [6, 6.07) is 12.3. The molecule has 1 atom stereocenters. The van der Waals surface area contributed by atoms with Gasteiger partial charge in [-0.2, -0.15) is 0 Å². The van der Waals surface area contributed by atoms with Crippen LogP contribution in [-0.4, -0.2) is 43.5 Å². The predicted octanol–water partition coefficient (Wildman–Crippen LogP) is 2.91. The highest BCUT2D eigenvalue weighted by molar-refractivity contribution is 6.09. The maximum Gasteiger partial charge on any atom is 0.325 e. The van der Waals surface area contributed by atoms with Gasteiger partial charge in [0.05, 0.1) is 14.2 Å². The largest absolute Gasteiger partial charge is 0.493 e. The lowest BCUT2D eigenvalue weighted by molar-refractivity contribution is -0.134. The van der Waals surface area contributed by atoms with E-state index >= 15 is 0 Å². The third-order valence-corrected chi connectivity index (χ3v) is 5.67. The second-order valence-electron chi connectivity index (χ2n) is 8.19. The van der Waals surface area contributed by atoms with E-state index in [1.165, 1.54) is 7.11 Å². The van der Waals surface area contributed by atoms with Crippen LogP contribution in [-0.2, 0) is 21.7 Å². The molecule has 1 heterocycles. The quantitative estimate of drug-likeness (QED) is 0.617. The second-order valence-corrected chi connectivity index (χ2v) is 8.19. The first-order chi connectivity index (χ1) is 15.2. The van der Waals surface area contributed by atoms with Crippen molar-refractivity contribution >= 4 is 17.8 Å². The summed E-state index contributed by atoms with van der Waals surface area (Å²) in [6.07, 6.45) is 0. The van der Waals surface area contributed by atoms with Crippen molar-refractivity contribution < 1.29 is 23.9 Å². The van der Waals surface area contributed by atoms with Gasteiger partial charge in [-0.1, -0.05) is 44.2 Å². The van der Waals surface area contributed by atoms with Gasteiger partial charge in [0.1, 0.15) is 12.1 Å². The third-order valence-electron chi connectivity index (χ3n) is 5.67. The first-order valence-electron chi connectivity index (χ1n) is 10.4. The number of rotatable bonds is 8. The van der Waals surface area contributed by atoms with Crippen molar-refractivity contribution in [3.63, 3.8) is 0 Å². The van der Waals surface area contributed by atoms with Crippen molar-refractivity contribution in [2.45, 2.75) is 38.8 Å². The number of benzene rings is 2. The molecule has 1 saturated heterocycles. The van der Waals surface area contributed by atoms with E-state index in [2.05, 4.69) is 24.5 Å². The zero-order chi connectivity index (χ0) is 23.5. The monoisotopic (exact) mass is 439 g/mol. The van der Waals surface area contributed by atoms with E-state index < -0.39 is 23.4 Å². The number of imide groups is 1. The van der Waals surface area contributed by atoms with Crippen LogP contribution in [0.1, 0.15) is 43.4 Å². The van der Waals surface area contributed by atoms with Crippen LogP contribution in [0.25, 0.3) is 0 Å². The zero-order valence-electron chi connectivity index (χ0n) is 19.0. The Hall–Kier alpha value is -3.55. The van der Waals surface area contributed by atoms with Crippen LogP contribution in [0.5, 0.6) is 11.5 Å².